The molecule has 7 aromatic carbocycles. The van der Waals surface area contributed by atoms with Gasteiger partial charge in [-0.2, -0.15) is 0 Å². The first-order chi connectivity index (χ1) is 26.0. The van der Waals surface area contributed by atoms with E-state index in [0.29, 0.717) is 17.5 Å². The van der Waals surface area contributed by atoms with Gasteiger partial charge in [0.25, 0.3) is 0 Å². The van der Waals surface area contributed by atoms with Crippen LogP contribution in [0.4, 0.5) is 0 Å². The van der Waals surface area contributed by atoms with Gasteiger partial charge < -0.3 is 4.74 Å². The topological polar surface area (TPSA) is 47.9 Å². The maximum absolute atomic E-state index is 7.15. The lowest BCUT2D eigenvalue weighted by atomic mass is 9.65. The lowest BCUT2D eigenvalue weighted by Crippen LogP contribution is -2.32. The molecule has 250 valence electrons. The van der Waals surface area contributed by atoms with E-state index in [1.165, 1.54) is 44.5 Å². The van der Waals surface area contributed by atoms with Gasteiger partial charge in [0.05, 0.1) is 5.41 Å². The van der Waals surface area contributed by atoms with E-state index in [1.54, 1.807) is 0 Å². The summed E-state index contributed by atoms with van der Waals surface area (Å²) < 4.78 is 7.15. The van der Waals surface area contributed by atoms with Gasteiger partial charge in [0.15, 0.2) is 17.5 Å². The van der Waals surface area contributed by atoms with Crippen molar-refractivity contribution in [3.8, 4) is 67.9 Å². The Morgan fingerprint density at radius 1 is 0.396 bits per heavy atom. The zero-order valence-corrected chi connectivity index (χ0v) is 29.3. The lowest BCUT2D eigenvalue weighted by molar-refractivity contribution is 0.437. The molecule has 1 aromatic heterocycles. The maximum Gasteiger partial charge on any atom is 0.164 e. The van der Waals surface area contributed by atoms with Crippen LogP contribution in [-0.4, -0.2) is 15.0 Å². The lowest BCUT2D eigenvalue weighted by Gasteiger charge is -2.40. The monoisotopic (exact) mass is 679 g/mol. The molecule has 0 N–H and O–H groups in total. The molecule has 3 aliphatic rings. The highest BCUT2D eigenvalue weighted by Crippen LogP contribution is 2.65. The maximum atomic E-state index is 7.15. The highest BCUT2D eigenvalue weighted by molar-refractivity contribution is 5.94. The smallest absolute Gasteiger partial charge is 0.164 e. The third kappa shape index (κ3) is 4.09. The van der Waals surface area contributed by atoms with Gasteiger partial charge in [0, 0.05) is 38.8 Å². The number of nitrogens with zero attached hydrogens (tertiary/aromatic N) is 3. The van der Waals surface area contributed by atoms with Gasteiger partial charge in [-0.3, -0.25) is 0 Å². The molecule has 0 unspecified atom stereocenters. The first-order valence-electron chi connectivity index (χ1n) is 18.2. The molecule has 1 spiro atoms. The van der Waals surface area contributed by atoms with Crippen molar-refractivity contribution in [3.63, 3.8) is 0 Å². The van der Waals surface area contributed by atoms with Crippen molar-refractivity contribution in [1.82, 2.24) is 15.0 Å². The van der Waals surface area contributed by atoms with Crippen LogP contribution in [0.2, 0.25) is 0 Å². The van der Waals surface area contributed by atoms with E-state index in [-0.39, 0.29) is 5.41 Å². The van der Waals surface area contributed by atoms with Crippen LogP contribution in [0.5, 0.6) is 11.5 Å². The highest BCUT2D eigenvalue weighted by atomic mass is 16.5. The Labute approximate surface area is 308 Å². The van der Waals surface area contributed by atoms with Gasteiger partial charge in [-0.05, 0) is 51.1 Å². The van der Waals surface area contributed by atoms with E-state index in [1.807, 2.05) is 60.7 Å². The third-order valence-electron chi connectivity index (χ3n) is 11.6. The van der Waals surface area contributed by atoms with Gasteiger partial charge in [0.1, 0.15) is 11.5 Å². The second-order valence-electron chi connectivity index (χ2n) is 14.7. The minimum Gasteiger partial charge on any atom is -0.456 e. The van der Waals surface area contributed by atoms with Crippen molar-refractivity contribution < 1.29 is 4.74 Å². The molecule has 4 nitrogen and oxygen atoms in total. The summed E-state index contributed by atoms with van der Waals surface area (Å²) in [6.45, 7) is 4.64. The Balaban J connectivity index is 1.17. The Morgan fingerprint density at radius 2 is 0.887 bits per heavy atom. The summed E-state index contributed by atoms with van der Waals surface area (Å²) in [5, 5.41) is 0. The van der Waals surface area contributed by atoms with Crippen LogP contribution in [0, 0.1) is 0 Å². The zero-order valence-electron chi connectivity index (χ0n) is 29.3. The summed E-state index contributed by atoms with van der Waals surface area (Å²) in [6, 6.07) is 58.0. The van der Waals surface area contributed by atoms with Gasteiger partial charge in [-0.25, -0.2) is 15.0 Å². The predicted octanol–water partition coefficient (Wildman–Crippen LogP) is 11.6. The number of para-hydroxylation sites is 1. The van der Waals surface area contributed by atoms with Crippen molar-refractivity contribution in [2.45, 2.75) is 24.7 Å². The summed E-state index contributed by atoms with van der Waals surface area (Å²) in [6.07, 6.45) is 0. The summed E-state index contributed by atoms with van der Waals surface area (Å²) in [5.41, 5.74) is 14.3. The molecule has 0 bridgehead atoms. The molecule has 0 atom stereocenters. The van der Waals surface area contributed by atoms with Crippen LogP contribution >= 0.6 is 0 Å². The first kappa shape index (κ1) is 30.0. The number of ether oxygens (including phenoxy) is 1. The largest absolute Gasteiger partial charge is 0.456 e. The number of aromatic nitrogens is 3. The number of benzene rings is 7. The fourth-order valence-corrected chi connectivity index (χ4v) is 9.23. The van der Waals surface area contributed by atoms with Crippen LogP contribution in [-0.2, 0) is 10.8 Å². The molecule has 2 aliphatic carbocycles. The fraction of sp³-hybridized carbons (Fsp3) is 0.0816. The molecule has 0 saturated carbocycles. The van der Waals surface area contributed by atoms with Gasteiger partial charge >= 0.3 is 0 Å². The fourth-order valence-electron chi connectivity index (χ4n) is 9.23. The molecule has 8 aromatic rings. The van der Waals surface area contributed by atoms with Crippen LogP contribution in [0.1, 0.15) is 47.2 Å². The molecule has 53 heavy (non-hydrogen) atoms. The predicted molar refractivity (Wildman–Crippen MR) is 211 cm³/mol. The van der Waals surface area contributed by atoms with E-state index < -0.39 is 5.41 Å². The Morgan fingerprint density at radius 3 is 1.51 bits per heavy atom. The van der Waals surface area contributed by atoms with E-state index in [2.05, 4.69) is 117 Å². The second kappa shape index (κ2) is 10.9. The number of rotatable bonds is 3. The first-order valence-corrected chi connectivity index (χ1v) is 18.2. The van der Waals surface area contributed by atoms with Gasteiger partial charge in [-0.15, -0.1) is 0 Å². The minimum absolute atomic E-state index is 0.249. The van der Waals surface area contributed by atoms with Crippen molar-refractivity contribution >= 4 is 0 Å². The molecule has 2 heterocycles. The van der Waals surface area contributed by atoms with Crippen molar-refractivity contribution in [3.05, 3.63) is 197 Å². The molecule has 0 radical (unpaired) electrons. The molecule has 0 saturated heterocycles. The Bertz CT molecular complexity index is 2680. The van der Waals surface area contributed by atoms with E-state index >= 15 is 0 Å². The van der Waals surface area contributed by atoms with Crippen molar-refractivity contribution in [1.29, 1.82) is 0 Å². The molecule has 11 rings (SSSR count). The standard InChI is InChI=1S/C49H33N3O/c1-48(2)36-26-25-32(47-51-45(30-15-5-3-6-16-30)50-46(52-47)31-17-7-4-8-18-31)29-35(36)43-40(48)27-28-41-44(43)53-42-24-14-13-23-39(42)49(41)37-21-11-9-19-33(37)34-20-10-12-22-38(34)49/h3-29H,1-2H3. The normalized spacial score (nSPS) is 14.7. The van der Waals surface area contributed by atoms with E-state index in [0.717, 1.165) is 39.3 Å². The van der Waals surface area contributed by atoms with Crippen LogP contribution in [0.3, 0.4) is 0 Å². The van der Waals surface area contributed by atoms with Gasteiger partial charge in [0.2, 0.25) is 0 Å². The summed E-state index contributed by atoms with van der Waals surface area (Å²) in [7, 11) is 0. The number of hydrogen-bond donors (Lipinski definition) is 0. The van der Waals surface area contributed by atoms with E-state index in [4.69, 9.17) is 19.7 Å². The van der Waals surface area contributed by atoms with Crippen LogP contribution in [0.25, 0.3) is 56.4 Å². The third-order valence-corrected chi connectivity index (χ3v) is 11.6. The van der Waals surface area contributed by atoms with Crippen molar-refractivity contribution in [2.24, 2.45) is 0 Å². The summed E-state index contributed by atoms with van der Waals surface area (Å²) in [5.74, 6) is 3.74. The number of fused-ring (bicyclic) bond motifs is 13. The SMILES string of the molecule is CC1(C)c2ccc(-c3nc(-c4ccccc4)nc(-c4ccccc4)n3)cc2-c2c1ccc1c2Oc2ccccc2C12c1ccccc1-c1ccccc12. The summed E-state index contributed by atoms with van der Waals surface area (Å²) in [4.78, 5) is 15.1. The average molecular weight is 680 g/mol. The van der Waals surface area contributed by atoms with E-state index in [9.17, 15) is 0 Å². The molecule has 4 heteroatoms. The summed E-state index contributed by atoms with van der Waals surface area (Å²) >= 11 is 0. The number of hydrogen-bond acceptors (Lipinski definition) is 4. The molecule has 1 aliphatic heterocycles. The van der Waals surface area contributed by atoms with Crippen molar-refractivity contribution in [2.75, 3.05) is 0 Å². The molecular weight excluding hydrogens is 647 g/mol. The Kier molecular flexibility index (Phi) is 6.19. The van der Waals surface area contributed by atoms with Crippen LogP contribution < -0.4 is 4.74 Å². The van der Waals surface area contributed by atoms with Crippen LogP contribution in [0.15, 0.2) is 164 Å². The van der Waals surface area contributed by atoms with Gasteiger partial charge in [-0.1, -0.05) is 166 Å². The zero-order chi connectivity index (χ0) is 35.3. The molecule has 0 fully saturated rings. The second-order valence-corrected chi connectivity index (χ2v) is 14.7. The quantitative estimate of drug-likeness (QED) is 0.186. The average Bonchev–Trinajstić information content (AvgIpc) is 3.64. The minimum atomic E-state index is -0.527. The molecule has 0 amide bonds. The molecular formula is C49H33N3O. The highest BCUT2D eigenvalue weighted by Gasteiger charge is 2.52. The Hall–Kier alpha value is -6.65.